The van der Waals surface area contributed by atoms with E-state index in [-0.39, 0.29) is 31.0 Å². The van der Waals surface area contributed by atoms with Crippen LogP contribution in [0.3, 0.4) is 0 Å². The lowest BCUT2D eigenvalue weighted by Crippen LogP contribution is -2.50. The zero-order chi connectivity index (χ0) is 21.6. The summed E-state index contributed by atoms with van der Waals surface area (Å²) < 4.78 is 37.7. The Bertz CT molecular complexity index is 695. The molecule has 2 heterocycles. The van der Waals surface area contributed by atoms with Gasteiger partial charge in [-0.1, -0.05) is 0 Å². The Morgan fingerprint density at radius 1 is 1.28 bits per heavy atom. The molecule has 2 rings (SSSR count). The number of carbonyl (C=O) groups excluding carboxylic acids is 1. The molecule has 0 aromatic carbocycles. The second-order valence-electron chi connectivity index (χ2n) is 6.57. The molecule has 1 unspecified atom stereocenters. The summed E-state index contributed by atoms with van der Waals surface area (Å²) in [5.74, 6) is -0.0651. The van der Waals surface area contributed by atoms with E-state index in [2.05, 4.69) is 15.3 Å². The van der Waals surface area contributed by atoms with Crippen molar-refractivity contribution in [2.24, 2.45) is 0 Å². The lowest BCUT2D eigenvalue weighted by Gasteiger charge is -2.35. The maximum Gasteiger partial charge on any atom is 0.419 e. The van der Waals surface area contributed by atoms with Crippen molar-refractivity contribution < 1.29 is 32.7 Å². The third kappa shape index (κ3) is 7.02. The van der Waals surface area contributed by atoms with E-state index in [0.29, 0.717) is 26.2 Å². The van der Waals surface area contributed by atoms with Crippen LogP contribution in [0.5, 0.6) is 0 Å². The van der Waals surface area contributed by atoms with Gasteiger partial charge < -0.3 is 20.2 Å². The SMILES string of the molecule is CC(CN(C)OCC(=O)N1CCN(c2ncc(C(F)(F)F)cn2)CC1)NC(=O)O. The molecule has 29 heavy (non-hydrogen) atoms. The topological polar surface area (TPSA) is 111 Å². The van der Waals surface area contributed by atoms with E-state index >= 15 is 0 Å². The molecule has 13 heteroatoms. The number of aromatic nitrogens is 2. The molecule has 1 aliphatic heterocycles. The minimum Gasteiger partial charge on any atom is -0.465 e. The summed E-state index contributed by atoms with van der Waals surface area (Å²) in [6.07, 6.45) is -4.15. The van der Waals surface area contributed by atoms with Crippen LogP contribution in [-0.2, 0) is 15.8 Å². The number of likely N-dealkylation sites (N-methyl/N-ethyl adjacent to an activating group) is 1. The van der Waals surface area contributed by atoms with Gasteiger partial charge in [0.2, 0.25) is 5.95 Å². The predicted molar refractivity (Wildman–Crippen MR) is 95.0 cm³/mol. The summed E-state index contributed by atoms with van der Waals surface area (Å²) >= 11 is 0. The smallest absolute Gasteiger partial charge is 0.419 e. The van der Waals surface area contributed by atoms with Crippen molar-refractivity contribution in [3.63, 3.8) is 0 Å². The Morgan fingerprint density at radius 2 is 1.86 bits per heavy atom. The Balaban J connectivity index is 1.75. The lowest BCUT2D eigenvalue weighted by atomic mass is 10.3. The standard InChI is InChI=1S/C16H23F3N6O4/c1-11(22-15(27)28)9-23(2)29-10-13(26)24-3-5-25(6-4-24)14-20-7-12(8-21-14)16(17,18)19/h7-8,11,22H,3-6,9-10H2,1-2H3,(H,27,28). The highest BCUT2D eigenvalue weighted by Crippen LogP contribution is 2.28. The number of hydroxylamine groups is 2. The number of hydrogen-bond donors (Lipinski definition) is 2. The van der Waals surface area contributed by atoms with E-state index in [0.717, 1.165) is 12.4 Å². The van der Waals surface area contributed by atoms with E-state index in [9.17, 15) is 22.8 Å². The molecule has 1 atom stereocenters. The normalized spacial score (nSPS) is 16.1. The number of rotatable bonds is 7. The van der Waals surface area contributed by atoms with Crippen molar-refractivity contribution >= 4 is 17.9 Å². The first kappa shape index (κ1) is 22.6. The van der Waals surface area contributed by atoms with Crippen molar-refractivity contribution in [1.82, 2.24) is 25.2 Å². The highest BCUT2D eigenvalue weighted by Gasteiger charge is 2.32. The molecule has 10 nitrogen and oxygen atoms in total. The van der Waals surface area contributed by atoms with Crippen LogP contribution in [0.25, 0.3) is 0 Å². The largest absolute Gasteiger partial charge is 0.465 e. The number of nitrogens with one attached hydrogen (secondary N) is 1. The van der Waals surface area contributed by atoms with Crippen LogP contribution in [0.4, 0.5) is 23.9 Å². The minimum atomic E-state index is -4.49. The number of amides is 2. The molecule has 2 N–H and O–H groups in total. The first-order valence-electron chi connectivity index (χ1n) is 8.81. The molecule has 0 bridgehead atoms. The van der Waals surface area contributed by atoms with Crippen molar-refractivity contribution in [3.8, 4) is 0 Å². The van der Waals surface area contributed by atoms with Gasteiger partial charge in [0, 0.05) is 58.2 Å². The second-order valence-corrected chi connectivity index (χ2v) is 6.57. The van der Waals surface area contributed by atoms with E-state index in [4.69, 9.17) is 9.94 Å². The molecule has 1 fully saturated rings. The van der Waals surface area contributed by atoms with Crippen molar-refractivity contribution in [3.05, 3.63) is 18.0 Å². The Morgan fingerprint density at radius 3 is 2.38 bits per heavy atom. The zero-order valence-electron chi connectivity index (χ0n) is 16.0. The number of nitrogens with zero attached hydrogens (tertiary/aromatic N) is 5. The van der Waals surface area contributed by atoms with Gasteiger partial charge in [-0.05, 0) is 6.92 Å². The van der Waals surface area contributed by atoms with E-state index < -0.39 is 17.8 Å². The van der Waals surface area contributed by atoms with E-state index in [1.807, 2.05) is 0 Å². The molecule has 162 valence electrons. The van der Waals surface area contributed by atoms with Gasteiger partial charge in [-0.15, -0.1) is 0 Å². The van der Waals surface area contributed by atoms with Crippen LogP contribution in [0.1, 0.15) is 12.5 Å². The molecular formula is C16H23F3N6O4. The second kappa shape index (κ2) is 9.69. The molecule has 0 saturated carbocycles. The lowest BCUT2D eigenvalue weighted by molar-refractivity contribution is -0.168. The number of alkyl halides is 3. The average Bonchev–Trinajstić information content (AvgIpc) is 2.65. The molecular weight excluding hydrogens is 397 g/mol. The predicted octanol–water partition coefficient (Wildman–Crippen LogP) is 0.664. The molecule has 2 amide bonds. The zero-order valence-corrected chi connectivity index (χ0v) is 16.0. The molecule has 0 spiro atoms. The van der Waals surface area contributed by atoms with Crippen LogP contribution in [0, 0.1) is 0 Å². The number of anilines is 1. The number of carboxylic acid groups (broad SMARTS) is 1. The van der Waals surface area contributed by atoms with Gasteiger partial charge in [0.05, 0.1) is 5.56 Å². The van der Waals surface area contributed by atoms with Crippen molar-refractivity contribution in [1.29, 1.82) is 0 Å². The molecule has 1 saturated heterocycles. The Labute approximate surface area is 165 Å². The van der Waals surface area contributed by atoms with Crippen LogP contribution in [0.15, 0.2) is 12.4 Å². The van der Waals surface area contributed by atoms with Crippen molar-refractivity contribution in [2.45, 2.75) is 19.1 Å². The van der Waals surface area contributed by atoms with Gasteiger partial charge in [0.1, 0.15) is 6.61 Å². The summed E-state index contributed by atoms with van der Waals surface area (Å²) in [5.41, 5.74) is -0.913. The fourth-order valence-electron chi connectivity index (χ4n) is 2.74. The molecule has 0 aliphatic carbocycles. The first-order valence-corrected chi connectivity index (χ1v) is 8.81. The third-order valence-corrected chi connectivity index (χ3v) is 4.19. The highest BCUT2D eigenvalue weighted by molar-refractivity contribution is 5.77. The first-order chi connectivity index (χ1) is 13.6. The third-order valence-electron chi connectivity index (χ3n) is 4.19. The van der Waals surface area contributed by atoms with Crippen molar-refractivity contribution in [2.75, 3.05) is 51.3 Å². The van der Waals surface area contributed by atoms with Crippen LogP contribution >= 0.6 is 0 Å². The summed E-state index contributed by atoms with van der Waals surface area (Å²) in [6.45, 7) is 3.20. The van der Waals surface area contributed by atoms with Gasteiger partial charge in [-0.2, -0.15) is 18.2 Å². The van der Waals surface area contributed by atoms with Gasteiger partial charge in [0.15, 0.2) is 0 Å². The number of hydrogen-bond acceptors (Lipinski definition) is 7. The quantitative estimate of drug-likeness (QED) is 0.619. The number of halogens is 3. The maximum atomic E-state index is 12.6. The Hall–Kier alpha value is -2.67. The maximum absolute atomic E-state index is 12.6. The van der Waals surface area contributed by atoms with Gasteiger partial charge in [-0.3, -0.25) is 9.63 Å². The van der Waals surface area contributed by atoms with E-state index in [1.54, 1.807) is 23.8 Å². The van der Waals surface area contributed by atoms with Gasteiger partial charge >= 0.3 is 12.3 Å². The molecule has 1 aromatic rings. The van der Waals surface area contributed by atoms with Crippen LogP contribution < -0.4 is 10.2 Å². The monoisotopic (exact) mass is 420 g/mol. The average molecular weight is 420 g/mol. The summed E-state index contributed by atoms with van der Waals surface area (Å²) in [6, 6.07) is -0.375. The molecule has 1 aromatic heterocycles. The van der Waals surface area contributed by atoms with E-state index in [1.165, 1.54) is 5.06 Å². The van der Waals surface area contributed by atoms with Crippen LogP contribution in [0.2, 0.25) is 0 Å². The number of carbonyl (C=O) groups is 2. The Kier molecular flexibility index (Phi) is 7.56. The molecule has 1 aliphatic rings. The number of piperazine rings is 1. The summed E-state index contributed by atoms with van der Waals surface area (Å²) in [7, 11) is 1.59. The summed E-state index contributed by atoms with van der Waals surface area (Å²) in [4.78, 5) is 38.9. The van der Waals surface area contributed by atoms with Gasteiger partial charge in [0.25, 0.3) is 5.91 Å². The highest BCUT2D eigenvalue weighted by atomic mass is 19.4. The fourth-order valence-corrected chi connectivity index (χ4v) is 2.74. The minimum absolute atomic E-state index is 0.181. The van der Waals surface area contributed by atoms with Crippen LogP contribution in [-0.4, -0.2) is 89.5 Å². The van der Waals surface area contributed by atoms with Gasteiger partial charge in [-0.25, -0.2) is 14.8 Å². The fraction of sp³-hybridized carbons (Fsp3) is 0.625. The molecule has 0 radical (unpaired) electrons. The summed E-state index contributed by atoms with van der Waals surface area (Å²) in [5, 5.41) is 12.3.